The summed E-state index contributed by atoms with van der Waals surface area (Å²) in [6.07, 6.45) is -0.372. The van der Waals surface area contributed by atoms with Crippen LogP contribution >= 0.6 is 0 Å². The molecule has 3 N–H and O–H groups in total. The van der Waals surface area contributed by atoms with Gasteiger partial charge in [0.25, 0.3) is 0 Å². The molecule has 78 valence electrons. The molecule has 1 rings (SSSR count). The first kappa shape index (κ1) is 11.2. The van der Waals surface area contributed by atoms with Crippen molar-refractivity contribution in [2.24, 2.45) is 0 Å². The molecule has 0 radical (unpaired) electrons. The second-order valence-electron chi connectivity index (χ2n) is 3.30. The third kappa shape index (κ3) is 4.37. The highest BCUT2D eigenvalue weighted by atomic mass is 16.5. The number of likely N-dealkylation sites (N-methyl/N-ethyl adjacent to an activating group) is 1. The first-order valence-corrected chi connectivity index (χ1v) is 4.90. The van der Waals surface area contributed by atoms with Crippen molar-refractivity contribution in [3.8, 4) is 0 Å². The van der Waals surface area contributed by atoms with Crippen molar-refractivity contribution in [3.05, 3.63) is 35.9 Å². The highest BCUT2D eigenvalue weighted by Gasteiger charge is 2.04. The van der Waals surface area contributed by atoms with Gasteiger partial charge in [0.1, 0.15) is 12.6 Å². The Labute approximate surface area is 84.7 Å². The van der Waals surface area contributed by atoms with Gasteiger partial charge in [-0.05, 0) is 5.56 Å². The van der Waals surface area contributed by atoms with E-state index in [0.29, 0.717) is 19.8 Å². The van der Waals surface area contributed by atoms with E-state index in [0.717, 1.165) is 5.56 Å². The first-order valence-electron chi connectivity index (χ1n) is 4.90. The summed E-state index contributed by atoms with van der Waals surface area (Å²) in [5, 5.41) is 11.3. The Morgan fingerprint density at radius 1 is 1.36 bits per heavy atom. The van der Waals surface area contributed by atoms with E-state index in [9.17, 15) is 5.11 Å². The summed E-state index contributed by atoms with van der Waals surface area (Å²) < 4.78 is 5.36. The number of aliphatic hydroxyl groups is 1. The van der Waals surface area contributed by atoms with Crippen molar-refractivity contribution in [2.45, 2.75) is 12.7 Å². The van der Waals surface area contributed by atoms with E-state index in [1.54, 1.807) is 0 Å². The first-order chi connectivity index (χ1) is 6.83. The average Bonchev–Trinajstić information content (AvgIpc) is 2.20. The van der Waals surface area contributed by atoms with Gasteiger partial charge in [0.05, 0.1) is 20.3 Å². The monoisotopic (exact) mass is 196 g/mol. The second-order valence-corrected chi connectivity index (χ2v) is 3.30. The number of hydrogen-bond donors (Lipinski definition) is 2. The predicted octanol–water partition coefficient (Wildman–Crippen LogP) is -0.243. The zero-order valence-electron chi connectivity index (χ0n) is 8.52. The Kier molecular flexibility index (Phi) is 5.22. The molecule has 0 aliphatic rings. The van der Waals surface area contributed by atoms with Gasteiger partial charge in [-0.25, -0.2) is 0 Å². The molecule has 3 heteroatoms. The van der Waals surface area contributed by atoms with Crippen LogP contribution in [0.4, 0.5) is 0 Å². The zero-order valence-corrected chi connectivity index (χ0v) is 8.52. The van der Waals surface area contributed by atoms with Crippen LogP contribution in [0.25, 0.3) is 0 Å². The van der Waals surface area contributed by atoms with E-state index in [2.05, 4.69) is 0 Å². The fourth-order valence-corrected chi connectivity index (χ4v) is 1.23. The standard InChI is InChI=1S/C11H17NO2/c1-12-7-11(13)9-14-8-10-5-3-2-4-6-10/h2-6,11-13H,7-9H2,1H3/p+1/t11-/m1/s1. The van der Waals surface area contributed by atoms with Gasteiger partial charge < -0.3 is 15.2 Å². The Bertz CT molecular complexity index is 238. The van der Waals surface area contributed by atoms with Gasteiger partial charge in [-0.1, -0.05) is 30.3 Å². The summed E-state index contributed by atoms with van der Waals surface area (Å²) in [4.78, 5) is 0. The van der Waals surface area contributed by atoms with Crippen molar-refractivity contribution < 1.29 is 15.2 Å². The molecule has 0 amide bonds. The van der Waals surface area contributed by atoms with Gasteiger partial charge in [0.15, 0.2) is 0 Å². The lowest BCUT2D eigenvalue weighted by molar-refractivity contribution is -0.634. The molecular formula is C11H18NO2+. The molecule has 0 fully saturated rings. The number of nitrogens with two attached hydrogens (primary N) is 1. The van der Waals surface area contributed by atoms with Crippen molar-refractivity contribution in [3.63, 3.8) is 0 Å². The molecule has 1 aromatic rings. The number of aliphatic hydroxyl groups excluding tert-OH is 1. The van der Waals surface area contributed by atoms with Crippen LogP contribution < -0.4 is 5.32 Å². The summed E-state index contributed by atoms with van der Waals surface area (Å²) in [6.45, 7) is 1.66. The third-order valence-corrected chi connectivity index (χ3v) is 1.93. The minimum atomic E-state index is -0.372. The van der Waals surface area contributed by atoms with Crippen LogP contribution in [0.2, 0.25) is 0 Å². The highest BCUT2D eigenvalue weighted by molar-refractivity contribution is 5.13. The molecule has 14 heavy (non-hydrogen) atoms. The van der Waals surface area contributed by atoms with Crippen LogP contribution in [0.5, 0.6) is 0 Å². The quantitative estimate of drug-likeness (QED) is 0.659. The Hall–Kier alpha value is -0.900. The molecule has 0 bridgehead atoms. The van der Waals surface area contributed by atoms with Crippen molar-refractivity contribution in [1.82, 2.24) is 0 Å². The molecule has 0 aliphatic carbocycles. The maximum absolute atomic E-state index is 9.37. The molecule has 0 spiro atoms. The SMILES string of the molecule is C[NH2+]C[C@@H](O)COCc1ccccc1. The fraction of sp³-hybridized carbons (Fsp3) is 0.455. The Balaban J connectivity index is 2.16. The summed E-state index contributed by atoms with van der Waals surface area (Å²) in [5.74, 6) is 0. The number of hydrogen-bond acceptors (Lipinski definition) is 2. The maximum Gasteiger partial charge on any atom is 0.126 e. The lowest BCUT2D eigenvalue weighted by Gasteiger charge is -2.08. The van der Waals surface area contributed by atoms with Gasteiger partial charge >= 0.3 is 0 Å². The third-order valence-electron chi connectivity index (χ3n) is 1.93. The van der Waals surface area contributed by atoms with E-state index in [4.69, 9.17) is 4.74 Å². The van der Waals surface area contributed by atoms with Crippen LogP contribution in [0.1, 0.15) is 5.56 Å². The maximum atomic E-state index is 9.37. The average molecular weight is 196 g/mol. The topological polar surface area (TPSA) is 46.1 Å². The molecule has 0 aliphatic heterocycles. The number of ether oxygens (including phenoxy) is 1. The molecule has 0 saturated carbocycles. The summed E-state index contributed by atoms with van der Waals surface area (Å²) in [6, 6.07) is 9.96. The minimum Gasteiger partial charge on any atom is -0.385 e. The van der Waals surface area contributed by atoms with Crippen LogP contribution in [-0.4, -0.2) is 31.4 Å². The minimum absolute atomic E-state index is 0.372. The normalized spacial score (nSPS) is 12.7. The van der Waals surface area contributed by atoms with Crippen molar-refractivity contribution >= 4 is 0 Å². The molecule has 0 heterocycles. The molecule has 0 unspecified atom stereocenters. The van der Waals surface area contributed by atoms with Gasteiger partial charge in [0.2, 0.25) is 0 Å². The molecule has 3 nitrogen and oxygen atoms in total. The fourth-order valence-electron chi connectivity index (χ4n) is 1.23. The number of quaternary nitrogens is 1. The van der Waals surface area contributed by atoms with Crippen molar-refractivity contribution in [2.75, 3.05) is 20.2 Å². The van der Waals surface area contributed by atoms with Crippen LogP contribution in [0, 0.1) is 0 Å². The molecular weight excluding hydrogens is 178 g/mol. The van der Waals surface area contributed by atoms with Gasteiger partial charge in [-0.3, -0.25) is 0 Å². The Morgan fingerprint density at radius 2 is 2.07 bits per heavy atom. The van der Waals surface area contributed by atoms with E-state index in [1.807, 2.05) is 42.7 Å². The zero-order chi connectivity index (χ0) is 10.2. The Morgan fingerprint density at radius 3 is 2.71 bits per heavy atom. The lowest BCUT2D eigenvalue weighted by Crippen LogP contribution is -2.82. The number of rotatable bonds is 6. The van der Waals surface area contributed by atoms with Crippen molar-refractivity contribution in [1.29, 1.82) is 0 Å². The summed E-state index contributed by atoms with van der Waals surface area (Å²) in [5.41, 5.74) is 1.14. The van der Waals surface area contributed by atoms with E-state index < -0.39 is 0 Å². The van der Waals surface area contributed by atoms with E-state index in [-0.39, 0.29) is 6.10 Å². The van der Waals surface area contributed by atoms with Crippen LogP contribution in [0.3, 0.4) is 0 Å². The van der Waals surface area contributed by atoms with Gasteiger partial charge in [-0.15, -0.1) is 0 Å². The largest absolute Gasteiger partial charge is 0.385 e. The van der Waals surface area contributed by atoms with Gasteiger partial charge in [-0.2, -0.15) is 0 Å². The highest BCUT2D eigenvalue weighted by Crippen LogP contribution is 2.00. The summed E-state index contributed by atoms with van der Waals surface area (Å²) in [7, 11) is 1.93. The smallest absolute Gasteiger partial charge is 0.126 e. The second kappa shape index (κ2) is 6.54. The van der Waals surface area contributed by atoms with E-state index in [1.165, 1.54) is 0 Å². The molecule has 1 aromatic carbocycles. The molecule has 0 aromatic heterocycles. The predicted molar refractivity (Wildman–Crippen MR) is 54.8 cm³/mol. The van der Waals surface area contributed by atoms with Crippen LogP contribution in [0.15, 0.2) is 30.3 Å². The molecule has 0 saturated heterocycles. The summed E-state index contributed by atoms with van der Waals surface area (Å²) >= 11 is 0. The van der Waals surface area contributed by atoms with Gasteiger partial charge in [0, 0.05) is 0 Å². The van der Waals surface area contributed by atoms with Crippen LogP contribution in [-0.2, 0) is 11.3 Å². The van der Waals surface area contributed by atoms with E-state index >= 15 is 0 Å². The molecule has 1 atom stereocenters. The number of benzene rings is 1. The lowest BCUT2D eigenvalue weighted by atomic mass is 10.2.